The van der Waals surface area contributed by atoms with E-state index >= 15 is 0 Å². The van der Waals surface area contributed by atoms with E-state index < -0.39 is 0 Å². The van der Waals surface area contributed by atoms with E-state index in [4.69, 9.17) is 0 Å². The van der Waals surface area contributed by atoms with Crippen molar-refractivity contribution in [3.05, 3.63) is 63.4 Å². The molecule has 1 N–H and O–H groups in total. The first-order chi connectivity index (χ1) is 9.56. The van der Waals surface area contributed by atoms with E-state index in [1.54, 1.807) is 17.4 Å². The second-order valence-electron chi connectivity index (χ2n) is 4.94. The molecule has 0 radical (unpaired) electrons. The molecule has 1 aromatic carbocycles. The van der Waals surface area contributed by atoms with Gasteiger partial charge in [-0.15, -0.1) is 11.3 Å². The average molecular weight is 285 g/mol. The Hall–Kier alpha value is -1.87. The Balaban J connectivity index is 2.02. The monoisotopic (exact) mass is 285 g/mol. The molecule has 0 saturated heterocycles. The van der Waals surface area contributed by atoms with Crippen LogP contribution < -0.4 is 5.32 Å². The van der Waals surface area contributed by atoms with Crippen LogP contribution in [0.15, 0.2) is 41.8 Å². The standard InChI is InChI=1S/C17H19NOS/c1-12-6-7-13(2)16(11-12)14(3)18-17(19)9-8-15-5-4-10-20-15/h4-11,14H,1-3H3,(H,18,19)/b9-8+. The van der Waals surface area contributed by atoms with E-state index in [0.717, 1.165) is 4.88 Å². The largest absolute Gasteiger partial charge is 0.346 e. The van der Waals surface area contributed by atoms with Gasteiger partial charge in [0.1, 0.15) is 0 Å². The number of carbonyl (C=O) groups excluding carboxylic acids is 1. The third-order valence-electron chi connectivity index (χ3n) is 3.20. The lowest BCUT2D eigenvalue weighted by Gasteiger charge is -2.16. The summed E-state index contributed by atoms with van der Waals surface area (Å²) in [6.07, 6.45) is 3.43. The molecule has 20 heavy (non-hydrogen) atoms. The van der Waals surface area contributed by atoms with Crippen molar-refractivity contribution in [1.29, 1.82) is 0 Å². The Bertz CT molecular complexity index is 614. The van der Waals surface area contributed by atoms with Crippen LogP contribution in [0.4, 0.5) is 0 Å². The number of nitrogens with one attached hydrogen (secondary N) is 1. The van der Waals surface area contributed by atoms with Gasteiger partial charge in [0.25, 0.3) is 0 Å². The number of hydrogen-bond acceptors (Lipinski definition) is 2. The fraction of sp³-hybridized carbons (Fsp3) is 0.235. The minimum absolute atomic E-state index is 0.00962. The number of benzene rings is 1. The molecule has 3 heteroatoms. The van der Waals surface area contributed by atoms with E-state index in [1.165, 1.54) is 16.7 Å². The Morgan fingerprint density at radius 1 is 1.30 bits per heavy atom. The topological polar surface area (TPSA) is 29.1 Å². The Labute approximate surface area is 124 Å². The van der Waals surface area contributed by atoms with Crippen molar-refractivity contribution in [3.8, 4) is 0 Å². The van der Waals surface area contributed by atoms with Crippen LogP contribution in [0.1, 0.15) is 34.5 Å². The van der Waals surface area contributed by atoms with Gasteiger partial charge >= 0.3 is 0 Å². The smallest absolute Gasteiger partial charge is 0.244 e. The second-order valence-corrected chi connectivity index (χ2v) is 5.92. The maximum absolute atomic E-state index is 11.9. The zero-order valence-corrected chi connectivity index (χ0v) is 12.8. The van der Waals surface area contributed by atoms with Crippen LogP contribution in [-0.2, 0) is 4.79 Å². The molecular formula is C17H19NOS. The number of aryl methyl sites for hydroxylation is 2. The van der Waals surface area contributed by atoms with Gasteiger partial charge in [0, 0.05) is 11.0 Å². The van der Waals surface area contributed by atoms with Gasteiger partial charge in [0.15, 0.2) is 0 Å². The van der Waals surface area contributed by atoms with Gasteiger partial charge < -0.3 is 5.32 Å². The van der Waals surface area contributed by atoms with Gasteiger partial charge in [-0.1, -0.05) is 29.8 Å². The molecule has 2 rings (SSSR count). The molecule has 1 atom stereocenters. The summed E-state index contributed by atoms with van der Waals surface area (Å²) in [5.41, 5.74) is 3.58. The molecule has 0 fully saturated rings. The van der Waals surface area contributed by atoms with Crippen LogP contribution in [0.2, 0.25) is 0 Å². The van der Waals surface area contributed by atoms with Crippen molar-refractivity contribution in [2.24, 2.45) is 0 Å². The summed E-state index contributed by atoms with van der Waals surface area (Å²) < 4.78 is 0. The van der Waals surface area contributed by atoms with E-state index in [0.29, 0.717) is 0 Å². The predicted molar refractivity (Wildman–Crippen MR) is 85.8 cm³/mol. The van der Waals surface area contributed by atoms with Gasteiger partial charge in [-0.3, -0.25) is 4.79 Å². The van der Waals surface area contributed by atoms with Crippen LogP contribution in [0.25, 0.3) is 6.08 Å². The Morgan fingerprint density at radius 3 is 2.80 bits per heavy atom. The third kappa shape index (κ3) is 3.81. The maximum Gasteiger partial charge on any atom is 0.244 e. The van der Waals surface area contributed by atoms with E-state index in [2.05, 4.69) is 37.4 Å². The van der Waals surface area contributed by atoms with Crippen molar-refractivity contribution in [2.75, 3.05) is 0 Å². The molecule has 1 heterocycles. The van der Waals surface area contributed by atoms with Crippen LogP contribution in [0.5, 0.6) is 0 Å². The van der Waals surface area contributed by atoms with Crippen LogP contribution in [0.3, 0.4) is 0 Å². The number of thiophene rings is 1. The predicted octanol–water partition coefficient (Wildman–Crippen LogP) is 4.26. The summed E-state index contributed by atoms with van der Waals surface area (Å²) in [6.45, 7) is 6.14. The first kappa shape index (κ1) is 14.5. The zero-order valence-electron chi connectivity index (χ0n) is 12.0. The summed E-state index contributed by atoms with van der Waals surface area (Å²) in [5, 5.41) is 5.00. The Kier molecular flexibility index (Phi) is 4.74. The molecule has 0 aliphatic rings. The fourth-order valence-electron chi connectivity index (χ4n) is 2.11. The van der Waals surface area contributed by atoms with Crippen LogP contribution in [0, 0.1) is 13.8 Å². The summed E-state index contributed by atoms with van der Waals surface area (Å²) in [4.78, 5) is 13.0. The summed E-state index contributed by atoms with van der Waals surface area (Å²) in [7, 11) is 0. The molecule has 0 bridgehead atoms. The van der Waals surface area contributed by atoms with Gasteiger partial charge in [-0.05, 0) is 49.4 Å². The maximum atomic E-state index is 11.9. The van der Waals surface area contributed by atoms with E-state index in [1.807, 2.05) is 30.5 Å². The molecule has 0 aliphatic heterocycles. The number of carbonyl (C=O) groups is 1. The lowest BCUT2D eigenvalue weighted by Crippen LogP contribution is -2.25. The second kappa shape index (κ2) is 6.53. The molecule has 2 aromatic rings. The SMILES string of the molecule is Cc1ccc(C)c(C(C)NC(=O)/C=C/c2cccs2)c1. The first-order valence-corrected chi connectivity index (χ1v) is 7.53. The van der Waals surface area contributed by atoms with Crippen molar-refractivity contribution >= 4 is 23.3 Å². The molecule has 1 unspecified atom stereocenters. The lowest BCUT2D eigenvalue weighted by molar-refractivity contribution is -0.117. The summed E-state index contributed by atoms with van der Waals surface area (Å²) >= 11 is 1.62. The molecule has 2 nitrogen and oxygen atoms in total. The van der Waals surface area contributed by atoms with Crippen molar-refractivity contribution in [3.63, 3.8) is 0 Å². The molecule has 0 aliphatic carbocycles. The number of amides is 1. The highest BCUT2D eigenvalue weighted by Crippen LogP contribution is 2.19. The van der Waals surface area contributed by atoms with E-state index in [-0.39, 0.29) is 11.9 Å². The normalized spacial score (nSPS) is 12.6. The highest BCUT2D eigenvalue weighted by Gasteiger charge is 2.10. The summed E-state index contributed by atoms with van der Waals surface area (Å²) in [5.74, 6) is -0.0631. The van der Waals surface area contributed by atoms with Gasteiger partial charge in [0.05, 0.1) is 6.04 Å². The van der Waals surface area contributed by atoms with Crippen LogP contribution >= 0.6 is 11.3 Å². The van der Waals surface area contributed by atoms with Crippen molar-refractivity contribution < 1.29 is 4.79 Å². The zero-order chi connectivity index (χ0) is 14.5. The lowest BCUT2D eigenvalue weighted by atomic mass is 10.00. The fourth-order valence-corrected chi connectivity index (χ4v) is 2.73. The highest BCUT2D eigenvalue weighted by molar-refractivity contribution is 7.10. The van der Waals surface area contributed by atoms with Gasteiger partial charge in [0.2, 0.25) is 5.91 Å². The minimum Gasteiger partial charge on any atom is -0.346 e. The summed E-state index contributed by atoms with van der Waals surface area (Å²) in [6, 6.07) is 10.3. The van der Waals surface area contributed by atoms with Gasteiger partial charge in [-0.2, -0.15) is 0 Å². The quantitative estimate of drug-likeness (QED) is 0.836. The van der Waals surface area contributed by atoms with Crippen LogP contribution in [-0.4, -0.2) is 5.91 Å². The van der Waals surface area contributed by atoms with Crippen molar-refractivity contribution in [1.82, 2.24) is 5.32 Å². The average Bonchev–Trinajstić information content (AvgIpc) is 2.92. The highest BCUT2D eigenvalue weighted by atomic mass is 32.1. The molecule has 1 aromatic heterocycles. The Morgan fingerprint density at radius 2 is 2.10 bits per heavy atom. The molecular weight excluding hydrogens is 266 g/mol. The minimum atomic E-state index is -0.0631. The van der Waals surface area contributed by atoms with E-state index in [9.17, 15) is 4.79 Å². The molecule has 0 saturated carbocycles. The van der Waals surface area contributed by atoms with Gasteiger partial charge in [-0.25, -0.2) is 0 Å². The molecule has 104 valence electrons. The number of hydrogen-bond donors (Lipinski definition) is 1. The number of rotatable bonds is 4. The third-order valence-corrected chi connectivity index (χ3v) is 4.04. The molecule has 0 spiro atoms. The molecule has 1 amide bonds. The van der Waals surface area contributed by atoms with Crippen molar-refractivity contribution in [2.45, 2.75) is 26.8 Å². The first-order valence-electron chi connectivity index (χ1n) is 6.65.